The highest BCUT2D eigenvalue weighted by atomic mass is 16.5. The number of hydrogen-bond acceptors (Lipinski definition) is 3. The van der Waals surface area contributed by atoms with Crippen LogP contribution in [0.5, 0.6) is 5.75 Å². The quantitative estimate of drug-likeness (QED) is 0.909. The van der Waals surface area contributed by atoms with Gasteiger partial charge in [0, 0.05) is 11.4 Å². The van der Waals surface area contributed by atoms with Crippen LogP contribution < -0.4 is 15.0 Å². The summed E-state index contributed by atoms with van der Waals surface area (Å²) in [6.07, 6.45) is 0. The average molecular weight is 338 g/mol. The van der Waals surface area contributed by atoms with E-state index in [1.54, 1.807) is 29.2 Å². The van der Waals surface area contributed by atoms with Gasteiger partial charge in [0.1, 0.15) is 12.3 Å². The van der Waals surface area contributed by atoms with E-state index in [-0.39, 0.29) is 18.4 Å². The predicted octanol–water partition coefficient (Wildman–Crippen LogP) is 3.35. The van der Waals surface area contributed by atoms with Crippen molar-refractivity contribution in [1.82, 2.24) is 0 Å². The van der Waals surface area contributed by atoms with E-state index in [4.69, 9.17) is 4.74 Å². The molecule has 5 nitrogen and oxygen atoms in total. The molecule has 3 rings (SSSR count). The third-order valence-corrected chi connectivity index (χ3v) is 4.40. The van der Waals surface area contributed by atoms with Gasteiger partial charge in [0.15, 0.2) is 0 Å². The van der Waals surface area contributed by atoms with Crippen molar-refractivity contribution in [2.24, 2.45) is 0 Å². The summed E-state index contributed by atoms with van der Waals surface area (Å²) >= 11 is 0. The molecular weight excluding hydrogens is 316 g/mol. The van der Waals surface area contributed by atoms with E-state index in [0.29, 0.717) is 12.3 Å². The van der Waals surface area contributed by atoms with Gasteiger partial charge in [-0.1, -0.05) is 18.2 Å². The maximum atomic E-state index is 12.7. The van der Waals surface area contributed by atoms with Crippen molar-refractivity contribution in [2.45, 2.75) is 26.2 Å². The second-order valence-electron chi connectivity index (χ2n) is 6.54. The van der Waals surface area contributed by atoms with Crippen LogP contribution in [0.2, 0.25) is 0 Å². The van der Waals surface area contributed by atoms with Crippen LogP contribution in [0, 0.1) is 0 Å². The number of ether oxygens (including phenoxy) is 1. The molecule has 5 heteroatoms. The number of rotatable bonds is 5. The molecule has 2 aromatic rings. The number of benzene rings is 2. The Labute approximate surface area is 147 Å². The Morgan fingerprint density at radius 1 is 1.12 bits per heavy atom. The third-order valence-electron chi connectivity index (χ3n) is 4.40. The Hall–Kier alpha value is -2.82. The van der Waals surface area contributed by atoms with Gasteiger partial charge in [0.25, 0.3) is 0 Å². The fraction of sp³-hybridized carbons (Fsp3) is 0.300. The van der Waals surface area contributed by atoms with Gasteiger partial charge in [0.05, 0.1) is 12.0 Å². The Bertz CT molecular complexity index is 797. The van der Waals surface area contributed by atoms with Crippen LogP contribution in [0.3, 0.4) is 0 Å². The molecule has 0 atom stereocenters. The molecule has 1 aliphatic rings. The molecule has 0 aromatic heterocycles. The summed E-state index contributed by atoms with van der Waals surface area (Å²) in [7, 11) is 0. The normalized spacial score (nSPS) is 15.0. The predicted molar refractivity (Wildman–Crippen MR) is 98.1 cm³/mol. The van der Waals surface area contributed by atoms with Gasteiger partial charge in [-0.3, -0.25) is 9.59 Å². The minimum atomic E-state index is -0.615. The number of amides is 2. The summed E-state index contributed by atoms with van der Waals surface area (Å²) < 4.78 is 5.38. The monoisotopic (exact) mass is 338 g/mol. The maximum Gasteiger partial charge on any atom is 0.244 e. The summed E-state index contributed by atoms with van der Waals surface area (Å²) in [6.45, 7) is 6.28. The molecule has 1 heterocycles. The van der Waals surface area contributed by atoms with Crippen molar-refractivity contribution in [2.75, 3.05) is 23.4 Å². The summed E-state index contributed by atoms with van der Waals surface area (Å²) in [5.41, 5.74) is 1.82. The van der Waals surface area contributed by atoms with Crippen molar-refractivity contribution in [3.8, 4) is 5.75 Å². The number of carbonyl (C=O) groups excluding carboxylic acids is 2. The number of hydrogen-bond donors (Lipinski definition) is 1. The molecule has 1 N–H and O–H groups in total. The van der Waals surface area contributed by atoms with Gasteiger partial charge < -0.3 is 15.0 Å². The first kappa shape index (κ1) is 17.0. The topological polar surface area (TPSA) is 58.6 Å². The molecule has 130 valence electrons. The zero-order valence-electron chi connectivity index (χ0n) is 14.7. The van der Waals surface area contributed by atoms with E-state index in [2.05, 4.69) is 5.32 Å². The van der Waals surface area contributed by atoms with Crippen molar-refractivity contribution >= 4 is 23.2 Å². The van der Waals surface area contributed by atoms with E-state index in [1.807, 2.05) is 45.0 Å². The first-order chi connectivity index (χ1) is 11.9. The van der Waals surface area contributed by atoms with E-state index in [9.17, 15) is 9.59 Å². The van der Waals surface area contributed by atoms with Crippen molar-refractivity contribution < 1.29 is 14.3 Å². The van der Waals surface area contributed by atoms with Crippen molar-refractivity contribution in [3.05, 3.63) is 54.1 Å². The number of fused-ring (bicyclic) bond motifs is 1. The second-order valence-corrected chi connectivity index (χ2v) is 6.54. The molecule has 0 saturated carbocycles. The van der Waals surface area contributed by atoms with Crippen molar-refractivity contribution in [3.63, 3.8) is 0 Å². The highest BCUT2D eigenvalue weighted by Crippen LogP contribution is 2.41. The molecule has 0 unspecified atom stereocenters. The molecule has 0 saturated heterocycles. The Balaban J connectivity index is 1.72. The van der Waals surface area contributed by atoms with E-state index < -0.39 is 5.41 Å². The number of carbonyl (C=O) groups is 2. The molecule has 25 heavy (non-hydrogen) atoms. The zero-order chi connectivity index (χ0) is 18.0. The zero-order valence-corrected chi connectivity index (χ0v) is 14.7. The number of anilines is 2. The molecule has 0 fully saturated rings. The van der Waals surface area contributed by atoms with Gasteiger partial charge >= 0.3 is 0 Å². The SMILES string of the molecule is CCOc1ccc(NC(=O)CN2C(=O)C(C)(C)c3ccccc32)cc1. The molecule has 0 spiro atoms. The lowest BCUT2D eigenvalue weighted by Gasteiger charge is -2.20. The fourth-order valence-corrected chi connectivity index (χ4v) is 3.10. The lowest BCUT2D eigenvalue weighted by molar-refractivity contribution is -0.124. The molecule has 0 bridgehead atoms. The summed E-state index contributed by atoms with van der Waals surface area (Å²) in [5.74, 6) is 0.464. The van der Waals surface area contributed by atoms with Crippen molar-refractivity contribution in [1.29, 1.82) is 0 Å². The largest absolute Gasteiger partial charge is 0.494 e. The lowest BCUT2D eigenvalue weighted by atomic mass is 9.86. The Morgan fingerprint density at radius 3 is 2.48 bits per heavy atom. The molecular formula is C20H22N2O3. The molecule has 0 aliphatic carbocycles. The van der Waals surface area contributed by atoms with Crippen LogP contribution in [0.1, 0.15) is 26.3 Å². The molecule has 0 radical (unpaired) electrons. The van der Waals surface area contributed by atoms with Crippen LogP contribution in [0.4, 0.5) is 11.4 Å². The Morgan fingerprint density at radius 2 is 1.80 bits per heavy atom. The van der Waals surface area contributed by atoms with Gasteiger partial charge in [-0.25, -0.2) is 0 Å². The molecule has 2 amide bonds. The lowest BCUT2D eigenvalue weighted by Crippen LogP contribution is -2.40. The van der Waals surface area contributed by atoms with Crippen LogP contribution in [-0.4, -0.2) is 25.0 Å². The highest BCUT2D eigenvalue weighted by molar-refractivity contribution is 6.11. The first-order valence-corrected chi connectivity index (χ1v) is 8.37. The standard InChI is InChI=1S/C20H22N2O3/c1-4-25-15-11-9-14(10-12-15)21-18(23)13-22-17-8-6-5-7-16(17)20(2,3)19(22)24/h5-12H,4,13H2,1-3H3,(H,21,23). The van der Waals surface area contributed by atoms with Gasteiger partial charge in [-0.15, -0.1) is 0 Å². The minimum absolute atomic E-state index is 0.00745. The maximum absolute atomic E-state index is 12.7. The van der Waals surface area contributed by atoms with E-state index in [1.165, 1.54) is 0 Å². The first-order valence-electron chi connectivity index (χ1n) is 8.37. The fourth-order valence-electron chi connectivity index (χ4n) is 3.10. The van der Waals surface area contributed by atoms with Crippen LogP contribution >= 0.6 is 0 Å². The van der Waals surface area contributed by atoms with E-state index in [0.717, 1.165) is 17.0 Å². The average Bonchev–Trinajstić information content (AvgIpc) is 2.78. The summed E-state index contributed by atoms with van der Waals surface area (Å²) in [5, 5.41) is 2.83. The number of nitrogens with zero attached hydrogens (tertiary/aromatic N) is 1. The summed E-state index contributed by atoms with van der Waals surface area (Å²) in [6, 6.07) is 14.8. The third kappa shape index (κ3) is 3.22. The molecule has 1 aliphatic heterocycles. The Kier molecular flexibility index (Phi) is 4.49. The van der Waals surface area contributed by atoms with Gasteiger partial charge in [-0.05, 0) is 56.7 Å². The number of nitrogens with one attached hydrogen (secondary N) is 1. The second kappa shape index (κ2) is 6.59. The van der Waals surface area contributed by atoms with Gasteiger partial charge in [-0.2, -0.15) is 0 Å². The van der Waals surface area contributed by atoms with E-state index >= 15 is 0 Å². The van der Waals surface area contributed by atoms with Gasteiger partial charge in [0.2, 0.25) is 11.8 Å². The summed E-state index contributed by atoms with van der Waals surface area (Å²) in [4.78, 5) is 26.7. The highest BCUT2D eigenvalue weighted by Gasteiger charge is 2.44. The molecule has 2 aromatic carbocycles. The minimum Gasteiger partial charge on any atom is -0.494 e. The smallest absolute Gasteiger partial charge is 0.244 e. The van der Waals surface area contributed by atoms with Crippen LogP contribution in [0.15, 0.2) is 48.5 Å². The van der Waals surface area contributed by atoms with Crippen LogP contribution in [-0.2, 0) is 15.0 Å². The number of para-hydroxylation sites is 1. The van der Waals surface area contributed by atoms with Crippen LogP contribution in [0.25, 0.3) is 0 Å².